The number of esters is 2. The van der Waals surface area contributed by atoms with E-state index in [-0.39, 0.29) is 77.1 Å². The highest BCUT2D eigenvalue weighted by Crippen LogP contribution is 2.19. The van der Waals surface area contributed by atoms with Crippen LogP contribution in [0.3, 0.4) is 0 Å². The minimum atomic E-state index is -1.43. The summed E-state index contributed by atoms with van der Waals surface area (Å²) in [6.07, 6.45) is 17.7. The van der Waals surface area contributed by atoms with Crippen LogP contribution in [-0.4, -0.2) is 183 Å². The third-order valence-electron chi connectivity index (χ3n) is 14.4. The highest BCUT2D eigenvalue weighted by Gasteiger charge is 2.32. The average Bonchev–Trinajstić information content (AvgIpc) is 0.865. The van der Waals surface area contributed by atoms with Gasteiger partial charge in [0.15, 0.2) is 16.1 Å². The predicted octanol–water partition coefficient (Wildman–Crippen LogP) is 0.765. The summed E-state index contributed by atoms with van der Waals surface area (Å²) in [4.78, 5) is 118. The van der Waals surface area contributed by atoms with Crippen molar-refractivity contribution >= 4 is 59.7 Å². The van der Waals surface area contributed by atoms with Gasteiger partial charge in [0.25, 0.3) is 17.8 Å². The van der Waals surface area contributed by atoms with Crippen LogP contribution in [0.1, 0.15) is 143 Å². The van der Waals surface area contributed by atoms with Crippen molar-refractivity contribution < 1.29 is 93.0 Å². The zero-order valence-corrected chi connectivity index (χ0v) is 59.0. The Labute approximate surface area is 584 Å². The fourth-order valence-electron chi connectivity index (χ4n) is 9.79. The van der Waals surface area contributed by atoms with Crippen molar-refractivity contribution in [3.8, 4) is 0 Å². The molecule has 2 fully saturated rings. The van der Waals surface area contributed by atoms with Crippen molar-refractivity contribution in [2.45, 2.75) is 204 Å². The topological polar surface area (TPSA) is 506 Å². The lowest BCUT2D eigenvalue weighted by Gasteiger charge is -2.27. The molecule has 2 saturated carbocycles. The molecule has 0 bridgehead atoms. The minimum absolute atomic E-state index is 0.0500. The number of nitro groups is 2. The van der Waals surface area contributed by atoms with Gasteiger partial charge in [0.1, 0.15) is 45.6 Å². The number of carboxylic acid groups (broad SMARTS) is 1. The molecule has 0 saturated heterocycles. The zero-order valence-electron chi connectivity index (χ0n) is 59.0. The standard InChI is InChI=1S/C27H41N7O9.C16H24N6O5.C12H23N.C11H19NO5/c1-6-15-42-17-21(32-26(38)43-27(2,3)4)23(36)31-20(16-18-11-8-7-9-12-18)22(35)30-19(24(37)41-5)13-10-14-29-25(28)33-34(39)40;1-27-15(24)13(8-5-9-19-16(18)21-22(25)26)20-14(23)12(17)10-11-6-3-2-4-7-11;1-3-7-11(8-4-1)13-12-9-5-2-6-10-12;1-5-6-16-7-8(9(13)14)12-10(15)17-11(2,3)4/h6-9,11-12,19-21H,1,10,13-17H2,2-5H3,(H,30,35)(H,31,36)(H,32,38)(H3,28,29,33);2-4,6-7,12-13H,5,8-10,17H2,1H3,(H,20,23)(H3,18,19,21);11-13H,1-10H2;5,8H,1,6-7H2,2-4H3,(H,12,15)(H,13,14)/p+1/t19-,20+,21-;12-,13+;;8-/m01.0/s1. The molecule has 2 aromatic rings. The normalized spacial score (nSPS) is 15.1. The molecule has 16 N–H and O–H groups in total. The Morgan fingerprint density at radius 2 is 0.950 bits per heavy atom. The van der Waals surface area contributed by atoms with Crippen LogP contribution in [0, 0.1) is 20.2 Å². The monoisotopic (exact) mass is 1410 g/mol. The first kappa shape index (κ1) is 88.5. The molecule has 34 nitrogen and oxygen atoms in total. The lowest BCUT2D eigenvalue weighted by Crippen LogP contribution is -2.95. The first-order chi connectivity index (χ1) is 47.3. The van der Waals surface area contributed by atoms with E-state index in [1.165, 1.54) is 83.5 Å². The van der Waals surface area contributed by atoms with Crippen LogP contribution in [0.25, 0.3) is 0 Å². The quantitative estimate of drug-likeness (QED) is 0.00663. The summed E-state index contributed by atoms with van der Waals surface area (Å²) in [7, 11) is 2.38. The number of amides is 5. The summed E-state index contributed by atoms with van der Waals surface area (Å²) in [5, 5.41) is 55.5. The van der Waals surface area contributed by atoms with E-state index in [1.807, 2.05) is 30.3 Å². The molecular formula is C66H108N15O19+. The van der Waals surface area contributed by atoms with Crippen LogP contribution >= 0.6 is 0 Å². The number of nitrogens with one attached hydrogen (secondary N) is 7. The molecule has 0 aliphatic heterocycles. The van der Waals surface area contributed by atoms with E-state index < -0.39 is 105 Å². The smallest absolute Gasteiger partial charge is 0.408 e. The van der Waals surface area contributed by atoms with E-state index in [0.29, 0.717) is 18.4 Å². The molecule has 4 rings (SSSR count). The van der Waals surface area contributed by atoms with Gasteiger partial charge in [-0.1, -0.05) is 85.7 Å². The molecule has 2 aliphatic rings. The van der Waals surface area contributed by atoms with Crippen LogP contribution in [0.5, 0.6) is 0 Å². The predicted molar refractivity (Wildman–Crippen MR) is 368 cm³/mol. The van der Waals surface area contributed by atoms with Crippen molar-refractivity contribution in [1.82, 2.24) is 37.2 Å². The van der Waals surface area contributed by atoms with E-state index in [4.69, 9.17) is 39.9 Å². The molecule has 560 valence electrons. The van der Waals surface area contributed by atoms with E-state index in [1.54, 1.807) is 71.9 Å². The number of carboxylic acids is 1. The number of ether oxygens (including phenoxy) is 6. The number of nitrogens with two attached hydrogens (primary N) is 3. The summed E-state index contributed by atoms with van der Waals surface area (Å²) >= 11 is 0. The molecule has 2 aliphatic carbocycles. The number of benzene rings is 2. The molecule has 5 amide bonds. The molecule has 0 unspecified atom stereocenters. The number of aliphatic carboxylic acids is 1. The molecule has 0 aromatic heterocycles. The summed E-state index contributed by atoms with van der Waals surface area (Å²) < 4.78 is 30.0. The van der Waals surface area contributed by atoms with Gasteiger partial charge in [0.05, 0.1) is 64.7 Å². The van der Waals surface area contributed by atoms with Gasteiger partial charge in [0, 0.05) is 25.9 Å². The van der Waals surface area contributed by atoms with E-state index in [9.17, 15) is 63.7 Å². The summed E-state index contributed by atoms with van der Waals surface area (Å²) in [6, 6.07) is 14.1. The number of carbonyl (C=O) groups excluding carboxylic acids is 8. The first-order valence-corrected chi connectivity index (χ1v) is 33.1. The van der Waals surface area contributed by atoms with Crippen molar-refractivity contribution in [3.05, 3.63) is 117 Å². The summed E-state index contributed by atoms with van der Waals surface area (Å²) in [5.41, 5.74) is 14.7. The maximum atomic E-state index is 13.4. The van der Waals surface area contributed by atoms with Gasteiger partial charge < -0.3 is 98.1 Å². The number of carbonyl (C=O) groups is 8. The number of hydrazone groups is 2. The second-order valence-corrected chi connectivity index (χ2v) is 25.2. The Hall–Kier alpha value is -9.54. The Bertz CT molecular complexity index is 2870. The van der Waals surface area contributed by atoms with Crippen LogP contribution < -0.4 is 64.8 Å². The number of quaternary nitrogens is 2. The third kappa shape index (κ3) is 43.7. The number of guanidine groups is 2. The highest BCUT2D eigenvalue weighted by molar-refractivity contribution is 5.93. The van der Waals surface area contributed by atoms with Gasteiger partial charge >= 0.3 is 24.1 Å². The largest absolute Gasteiger partial charge is 0.548 e. The summed E-state index contributed by atoms with van der Waals surface area (Å²) in [5.74, 6) is -5.30. The SMILES string of the molecule is C1CCC([NH2+]C2CCCCC2)CC1.C=CCOC[C@H](NC(=O)OC(C)(C)C)C(=O)N[C@H](Cc1ccccc1)C(=O)N[C@@H](CCCN/C(N)=N/[N+](=O)[O-])C(=O)OC.C=CCOC[C@H](NC(=O)OC(C)(C)C)C(=O)[O-].COC(=O)[C@H](CCCN/C(N)=N/[N+](=O)[O-])NC(=O)[C@H]([NH3+])Cc1ccccc1. The Balaban J connectivity index is 0.000000739. The van der Waals surface area contributed by atoms with Gasteiger partial charge in [-0.3, -0.25) is 14.4 Å². The fraction of sp³-hybridized carbons (Fsp3) is 0.606. The van der Waals surface area contributed by atoms with Crippen LogP contribution in [-0.2, 0) is 70.0 Å². The van der Waals surface area contributed by atoms with E-state index in [0.717, 1.165) is 24.8 Å². The minimum Gasteiger partial charge on any atom is -0.548 e. The second-order valence-electron chi connectivity index (χ2n) is 25.2. The Morgan fingerprint density at radius 1 is 0.580 bits per heavy atom. The molecule has 100 heavy (non-hydrogen) atoms. The Kier molecular flexibility index (Phi) is 44.1. The van der Waals surface area contributed by atoms with E-state index in [2.05, 4.69) is 71.6 Å². The maximum absolute atomic E-state index is 13.4. The lowest BCUT2D eigenvalue weighted by atomic mass is 9.91. The number of alkyl carbamates (subject to hydrolysis) is 2. The number of nitrogens with zero attached hydrogens (tertiary/aromatic N) is 4. The van der Waals surface area contributed by atoms with Gasteiger partial charge in [0.2, 0.25) is 11.8 Å². The fourth-order valence-corrected chi connectivity index (χ4v) is 9.79. The lowest BCUT2D eigenvalue weighted by molar-refractivity contribution is -0.725. The number of hydrogen-bond acceptors (Lipinski definition) is 19. The molecule has 0 radical (unpaired) electrons. The van der Waals surface area contributed by atoms with Gasteiger partial charge in [-0.15, -0.1) is 13.2 Å². The Morgan fingerprint density at radius 3 is 1.33 bits per heavy atom. The average molecular weight is 1420 g/mol. The highest BCUT2D eigenvalue weighted by atomic mass is 16.7. The maximum Gasteiger partial charge on any atom is 0.408 e. The molecule has 0 spiro atoms. The van der Waals surface area contributed by atoms with Crippen LogP contribution in [0.2, 0.25) is 0 Å². The number of hydrogen-bond donors (Lipinski definition) is 11. The molecule has 2 aromatic carbocycles. The van der Waals surface area contributed by atoms with Gasteiger partial charge in [-0.05, 0) is 130 Å². The molecule has 6 atom stereocenters. The molecule has 34 heteroatoms. The number of methoxy groups -OCH3 is 2. The number of rotatable bonds is 35. The summed E-state index contributed by atoms with van der Waals surface area (Å²) in [6.45, 7) is 17.2. The van der Waals surface area contributed by atoms with E-state index >= 15 is 0 Å². The first-order valence-electron chi connectivity index (χ1n) is 33.1. The van der Waals surface area contributed by atoms with Crippen molar-refractivity contribution in [1.29, 1.82) is 0 Å². The van der Waals surface area contributed by atoms with Gasteiger partial charge in [-0.2, -0.15) is 0 Å². The van der Waals surface area contributed by atoms with Crippen molar-refractivity contribution in [3.63, 3.8) is 0 Å². The zero-order chi connectivity index (χ0) is 75.1. The second kappa shape index (κ2) is 49.9. The van der Waals surface area contributed by atoms with Crippen molar-refractivity contribution in [2.75, 3.05) is 53.7 Å². The third-order valence-corrected chi connectivity index (χ3v) is 14.4. The molecule has 0 heterocycles. The van der Waals surface area contributed by atoms with Crippen LogP contribution in [0.15, 0.2) is 96.2 Å². The van der Waals surface area contributed by atoms with Gasteiger partial charge in [-0.25, -0.2) is 39.4 Å². The van der Waals surface area contributed by atoms with Crippen molar-refractivity contribution in [2.24, 2.45) is 21.7 Å². The van der Waals surface area contributed by atoms with Crippen LogP contribution in [0.4, 0.5) is 9.59 Å². The molecular weight excluding hydrogens is 1310 g/mol.